The van der Waals surface area contributed by atoms with Crippen molar-refractivity contribution in [2.75, 3.05) is 13.2 Å². The molecule has 5 rings (SSSR count). The summed E-state index contributed by atoms with van der Waals surface area (Å²) < 4.78 is 24.1. The standard InChI is InChI=1S/C29H27BrClFN4O3/c30-20-7-6-19(24(31)12-20)11-23-22(26(37)16-39-15-18-4-5-18)13-25-29(28(23)32)35-17-36(25)10-8-27(38)34-14-21-3-1-2-9-33-21/h1-3,6-7,9,12-13,17-18H,4-5,8,10-11,14-16H2,(H,34,38). The Morgan fingerprint density at radius 3 is 2.77 bits per heavy atom. The van der Waals surface area contributed by atoms with Crippen molar-refractivity contribution in [1.82, 2.24) is 19.9 Å². The van der Waals surface area contributed by atoms with E-state index in [1.54, 1.807) is 29.0 Å². The number of aryl methyl sites for hydroxylation is 1. The SMILES string of the molecule is O=C(CCn1cnc2c(F)c(Cc3ccc(Br)cc3Cl)c(C(=O)COCC3CC3)cc21)NCc1ccccn1. The minimum absolute atomic E-state index is 0.125. The van der Waals surface area contributed by atoms with E-state index < -0.39 is 5.82 Å². The van der Waals surface area contributed by atoms with Crippen molar-refractivity contribution in [3.63, 3.8) is 0 Å². The molecule has 1 saturated carbocycles. The zero-order chi connectivity index (χ0) is 27.4. The molecule has 1 fully saturated rings. The van der Waals surface area contributed by atoms with Crippen LogP contribution in [0.4, 0.5) is 4.39 Å². The van der Waals surface area contributed by atoms with Gasteiger partial charge in [-0.15, -0.1) is 0 Å². The molecule has 39 heavy (non-hydrogen) atoms. The molecule has 0 unspecified atom stereocenters. The lowest BCUT2D eigenvalue weighted by atomic mass is 9.95. The monoisotopic (exact) mass is 612 g/mol. The van der Waals surface area contributed by atoms with E-state index in [4.69, 9.17) is 16.3 Å². The molecule has 4 aromatic rings. The lowest BCUT2D eigenvalue weighted by Gasteiger charge is -2.14. The topological polar surface area (TPSA) is 86.1 Å². The summed E-state index contributed by atoms with van der Waals surface area (Å²) in [4.78, 5) is 34.2. The Labute approximate surface area is 238 Å². The van der Waals surface area contributed by atoms with Crippen molar-refractivity contribution in [3.8, 4) is 0 Å². The number of aromatic nitrogens is 3. The number of ether oxygens (including phenoxy) is 1. The second-order valence-corrected chi connectivity index (χ2v) is 11.0. The van der Waals surface area contributed by atoms with Gasteiger partial charge in [-0.3, -0.25) is 14.6 Å². The maximum Gasteiger partial charge on any atom is 0.222 e. The van der Waals surface area contributed by atoms with Crippen LogP contribution >= 0.6 is 27.5 Å². The number of rotatable bonds is 12. The van der Waals surface area contributed by atoms with Crippen molar-refractivity contribution >= 4 is 50.3 Å². The highest BCUT2D eigenvalue weighted by Crippen LogP contribution is 2.31. The first kappa shape index (κ1) is 27.4. The number of Topliss-reactive ketones (excluding diaryl/α,β-unsaturated/α-hetero) is 1. The van der Waals surface area contributed by atoms with E-state index in [0.29, 0.717) is 35.2 Å². The van der Waals surface area contributed by atoms with Crippen molar-refractivity contribution in [2.24, 2.45) is 5.92 Å². The molecular formula is C29H27BrClFN4O3. The maximum absolute atomic E-state index is 16.0. The summed E-state index contributed by atoms with van der Waals surface area (Å²) in [5, 5.41) is 3.30. The molecule has 1 aliphatic rings. The molecule has 0 spiro atoms. The van der Waals surface area contributed by atoms with Gasteiger partial charge in [0.25, 0.3) is 0 Å². The zero-order valence-electron chi connectivity index (χ0n) is 21.1. The Morgan fingerprint density at radius 1 is 1.18 bits per heavy atom. The largest absolute Gasteiger partial charge is 0.373 e. The van der Waals surface area contributed by atoms with Gasteiger partial charge in [0.1, 0.15) is 12.1 Å². The minimum Gasteiger partial charge on any atom is -0.373 e. The smallest absolute Gasteiger partial charge is 0.222 e. The summed E-state index contributed by atoms with van der Waals surface area (Å²) >= 11 is 9.81. The Hall–Kier alpha value is -3.14. The molecule has 1 N–H and O–H groups in total. The number of nitrogens with zero attached hydrogens (tertiary/aromatic N) is 3. The molecule has 2 aromatic carbocycles. The predicted octanol–water partition coefficient (Wildman–Crippen LogP) is 5.89. The minimum atomic E-state index is -0.574. The fraction of sp³-hybridized carbons (Fsp3) is 0.310. The predicted molar refractivity (Wildman–Crippen MR) is 150 cm³/mol. The number of hydrogen-bond donors (Lipinski definition) is 1. The average molecular weight is 614 g/mol. The number of carbonyl (C=O) groups excluding carboxylic acids is 2. The normalized spacial score (nSPS) is 13.1. The van der Waals surface area contributed by atoms with Crippen LogP contribution in [-0.2, 0) is 29.0 Å². The van der Waals surface area contributed by atoms with E-state index in [1.165, 1.54) is 6.33 Å². The van der Waals surface area contributed by atoms with E-state index in [-0.39, 0.29) is 54.3 Å². The highest BCUT2D eigenvalue weighted by atomic mass is 79.9. The van der Waals surface area contributed by atoms with E-state index in [9.17, 15) is 9.59 Å². The number of halogens is 3. The van der Waals surface area contributed by atoms with Gasteiger partial charge >= 0.3 is 0 Å². The highest BCUT2D eigenvalue weighted by Gasteiger charge is 2.25. The summed E-state index contributed by atoms with van der Waals surface area (Å²) in [6, 6.07) is 12.5. The Balaban J connectivity index is 1.38. The molecule has 7 nitrogen and oxygen atoms in total. The van der Waals surface area contributed by atoms with Crippen LogP contribution in [0, 0.1) is 11.7 Å². The van der Waals surface area contributed by atoms with Gasteiger partial charge in [0, 0.05) is 46.2 Å². The summed E-state index contributed by atoms with van der Waals surface area (Å²) in [7, 11) is 0. The lowest BCUT2D eigenvalue weighted by molar-refractivity contribution is -0.121. The van der Waals surface area contributed by atoms with Gasteiger partial charge in [0.05, 0.1) is 30.7 Å². The molecule has 0 bridgehead atoms. The van der Waals surface area contributed by atoms with Gasteiger partial charge in [0.15, 0.2) is 11.6 Å². The lowest BCUT2D eigenvalue weighted by Crippen LogP contribution is -2.24. The fourth-order valence-corrected chi connectivity index (χ4v) is 5.08. The van der Waals surface area contributed by atoms with E-state index in [1.807, 2.05) is 24.3 Å². The van der Waals surface area contributed by atoms with Crippen LogP contribution in [0.25, 0.3) is 11.0 Å². The maximum atomic E-state index is 16.0. The molecule has 2 aromatic heterocycles. The van der Waals surface area contributed by atoms with Crippen LogP contribution in [-0.4, -0.2) is 39.4 Å². The van der Waals surface area contributed by atoms with Crippen LogP contribution in [0.5, 0.6) is 0 Å². The summed E-state index contributed by atoms with van der Waals surface area (Å²) in [5.41, 5.74) is 2.49. The second-order valence-electron chi connectivity index (χ2n) is 9.66. The first-order chi connectivity index (χ1) is 18.9. The van der Waals surface area contributed by atoms with Gasteiger partial charge in [-0.2, -0.15) is 0 Å². The molecule has 0 aliphatic heterocycles. The third kappa shape index (κ3) is 6.90. The van der Waals surface area contributed by atoms with E-state index in [2.05, 4.69) is 31.2 Å². The van der Waals surface area contributed by atoms with E-state index in [0.717, 1.165) is 23.0 Å². The number of amides is 1. The van der Waals surface area contributed by atoms with Crippen molar-refractivity contribution in [1.29, 1.82) is 0 Å². The molecule has 1 aliphatic carbocycles. The second kappa shape index (κ2) is 12.4. The van der Waals surface area contributed by atoms with Crippen LogP contribution < -0.4 is 5.32 Å². The molecular weight excluding hydrogens is 587 g/mol. The van der Waals surface area contributed by atoms with Gasteiger partial charge in [0.2, 0.25) is 5.91 Å². The number of ketones is 1. The van der Waals surface area contributed by atoms with Crippen molar-refractivity contribution in [3.05, 3.63) is 92.7 Å². The number of carbonyl (C=O) groups is 2. The Bertz CT molecular complexity index is 1510. The summed E-state index contributed by atoms with van der Waals surface area (Å²) in [6.07, 6.45) is 5.66. The Morgan fingerprint density at radius 2 is 2.03 bits per heavy atom. The molecule has 0 radical (unpaired) electrons. The molecule has 0 saturated heterocycles. The first-order valence-corrected chi connectivity index (χ1v) is 13.9. The van der Waals surface area contributed by atoms with Crippen LogP contribution in [0.2, 0.25) is 5.02 Å². The number of nitrogens with one attached hydrogen (secondary N) is 1. The van der Waals surface area contributed by atoms with Crippen molar-refractivity contribution < 1.29 is 18.7 Å². The molecule has 202 valence electrons. The molecule has 2 heterocycles. The zero-order valence-corrected chi connectivity index (χ0v) is 23.5. The third-order valence-corrected chi connectivity index (χ3v) is 7.54. The quantitative estimate of drug-likeness (QED) is 0.201. The van der Waals surface area contributed by atoms with Crippen LogP contribution in [0.3, 0.4) is 0 Å². The van der Waals surface area contributed by atoms with E-state index >= 15 is 4.39 Å². The highest BCUT2D eigenvalue weighted by molar-refractivity contribution is 9.10. The molecule has 0 atom stereocenters. The number of imidazole rings is 1. The number of pyridine rings is 1. The van der Waals surface area contributed by atoms with Gasteiger partial charge in [-0.25, -0.2) is 9.37 Å². The van der Waals surface area contributed by atoms with Gasteiger partial charge < -0.3 is 14.6 Å². The number of benzene rings is 2. The number of fused-ring (bicyclic) bond motifs is 1. The average Bonchev–Trinajstić information content (AvgIpc) is 3.66. The number of hydrogen-bond acceptors (Lipinski definition) is 5. The first-order valence-electron chi connectivity index (χ1n) is 12.8. The van der Waals surface area contributed by atoms with Crippen LogP contribution in [0.15, 0.2) is 59.5 Å². The van der Waals surface area contributed by atoms with Crippen molar-refractivity contribution in [2.45, 2.75) is 38.8 Å². The molecule has 10 heteroatoms. The van der Waals surface area contributed by atoms with Gasteiger partial charge in [-0.05, 0) is 54.7 Å². The van der Waals surface area contributed by atoms with Crippen LogP contribution in [0.1, 0.15) is 46.4 Å². The summed E-state index contributed by atoms with van der Waals surface area (Å²) in [6.45, 7) is 0.983. The fourth-order valence-electron chi connectivity index (χ4n) is 4.34. The Kier molecular flexibility index (Phi) is 8.69. The summed E-state index contributed by atoms with van der Waals surface area (Å²) in [5.74, 6) is -0.548. The third-order valence-electron chi connectivity index (χ3n) is 6.70. The van der Waals surface area contributed by atoms with Gasteiger partial charge in [-0.1, -0.05) is 39.7 Å². The molecule has 1 amide bonds.